The zero-order chi connectivity index (χ0) is 19.1. The molecule has 1 amide bonds. The first kappa shape index (κ1) is 18.0. The Hall–Kier alpha value is -2.34. The van der Waals surface area contributed by atoms with Crippen LogP contribution in [0, 0.1) is 5.92 Å². The fourth-order valence-electron chi connectivity index (χ4n) is 3.92. The predicted octanol–water partition coefficient (Wildman–Crippen LogP) is 3.81. The Kier molecular flexibility index (Phi) is 4.46. The average Bonchev–Trinajstić information content (AvgIpc) is 3.27. The number of rotatable bonds is 4. The van der Waals surface area contributed by atoms with E-state index in [4.69, 9.17) is 0 Å². The first-order valence-corrected chi connectivity index (χ1v) is 9.14. The molecule has 1 aliphatic carbocycles. The highest BCUT2D eigenvalue weighted by molar-refractivity contribution is 5.82. The maximum absolute atomic E-state index is 13.0. The highest BCUT2D eigenvalue weighted by Crippen LogP contribution is 2.46. The standard InChI is InChI=1S/C21H21F3N2O/c22-21(23,24)16-8-6-14(7-9-16)17-12-25-13-18(17)19(27)26-20(10-11-20)15-4-2-1-3-5-15/h1-9,17-18,25H,10-13H2,(H,26,27)/t17-,18+/m0/s1. The summed E-state index contributed by atoms with van der Waals surface area (Å²) in [4.78, 5) is 13.0. The molecule has 0 aromatic heterocycles. The number of alkyl halides is 3. The predicted molar refractivity (Wildman–Crippen MR) is 96.0 cm³/mol. The number of halogens is 3. The third kappa shape index (κ3) is 3.58. The Morgan fingerprint density at radius 1 is 1.00 bits per heavy atom. The van der Waals surface area contributed by atoms with Crippen LogP contribution < -0.4 is 10.6 Å². The molecule has 1 aliphatic heterocycles. The van der Waals surface area contributed by atoms with E-state index in [2.05, 4.69) is 10.6 Å². The van der Waals surface area contributed by atoms with E-state index in [-0.39, 0.29) is 23.3 Å². The van der Waals surface area contributed by atoms with Crippen LogP contribution in [0.1, 0.15) is 35.4 Å². The van der Waals surface area contributed by atoms with Gasteiger partial charge in [-0.25, -0.2) is 0 Å². The minimum absolute atomic E-state index is 0.0359. The fraction of sp³-hybridized carbons (Fsp3) is 0.381. The SMILES string of the molecule is O=C(NC1(c2ccccc2)CC1)[C@@H]1CNC[C@H]1c1ccc(C(F)(F)F)cc1. The summed E-state index contributed by atoms with van der Waals surface area (Å²) >= 11 is 0. The summed E-state index contributed by atoms with van der Waals surface area (Å²) in [6.07, 6.45) is -2.53. The van der Waals surface area contributed by atoms with E-state index >= 15 is 0 Å². The first-order chi connectivity index (χ1) is 12.9. The second kappa shape index (κ2) is 6.68. The van der Waals surface area contributed by atoms with Crippen molar-refractivity contribution in [2.45, 2.75) is 30.5 Å². The minimum atomic E-state index is -4.35. The molecular weight excluding hydrogens is 353 g/mol. The number of benzene rings is 2. The molecule has 1 saturated carbocycles. The van der Waals surface area contributed by atoms with Gasteiger partial charge >= 0.3 is 6.18 Å². The lowest BCUT2D eigenvalue weighted by Crippen LogP contribution is -2.41. The smallest absolute Gasteiger partial charge is 0.346 e. The van der Waals surface area contributed by atoms with E-state index in [1.54, 1.807) is 0 Å². The van der Waals surface area contributed by atoms with Crippen molar-refractivity contribution < 1.29 is 18.0 Å². The topological polar surface area (TPSA) is 41.1 Å². The van der Waals surface area contributed by atoms with Gasteiger partial charge in [-0.3, -0.25) is 4.79 Å². The molecule has 6 heteroatoms. The van der Waals surface area contributed by atoms with Crippen LogP contribution in [0.25, 0.3) is 0 Å². The Bertz CT molecular complexity index is 814. The summed E-state index contributed by atoms with van der Waals surface area (Å²) in [6.45, 7) is 1.12. The molecule has 0 radical (unpaired) electrons. The molecule has 4 rings (SSSR count). The highest BCUT2D eigenvalue weighted by Gasteiger charge is 2.47. The fourth-order valence-corrected chi connectivity index (χ4v) is 3.92. The molecule has 2 fully saturated rings. The van der Waals surface area contributed by atoms with Crippen LogP contribution >= 0.6 is 0 Å². The van der Waals surface area contributed by atoms with E-state index in [1.165, 1.54) is 12.1 Å². The molecule has 2 aliphatic rings. The van der Waals surface area contributed by atoms with Crippen molar-refractivity contribution in [2.75, 3.05) is 13.1 Å². The molecule has 1 heterocycles. The number of nitrogens with one attached hydrogen (secondary N) is 2. The molecule has 3 nitrogen and oxygen atoms in total. The maximum Gasteiger partial charge on any atom is 0.416 e. The Balaban J connectivity index is 1.49. The number of hydrogen-bond acceptors (Lipinski definition) is 2. The van der Waals surface area contributed by atoms with Gasteiger partial charge in [-0.15, -0.1) is 0 Å². The second-order valence-electron chi connectivity index (χ2n) is 7.43. The third-order valence-corrected chi connectivity index (χ3v) is 5.66. The number of carbonyl (C=O) groups excluding carboxylic acids is 1. The summed E-state index contributed by atoms with van der Waals surface area (Å²) < 4.78 is 38.3. The van der Waals surface area contributed by atoms with Gasteiger partial charge in [-0.2, -0.15) is 13.2 Å². The molecular formula is C21H21F3N2O. The van der Waals surface area contributed by atoms with Crippen LogP contribution in [0.2, 0.25) is 0 Å². The Morgan fingerprint density at radius 2 is 1.67 bits per heavy atom. The third-order valence-electron chi connectivity index (χ3n) is 5.66. The Morgan fingerprint density at radius 3 is 2.26 bits per heavy atom. The van der Waals surface area contributed by atoms with Crippen molar-refractivity contribution in [3.05, 3.63) is 71.3 Å². The lowest BCUT2D eigenvalue weighted by Gasteiger charge is -2.24. The lowest BCUT2D eigenvalue weighted by atomic mass is 9.87. The molecule has 27 heavy (non-hydrogen) atoms. The van der Waals surface area contributed by atoms with Gasteiger partial charge in [0.1, 0.15) is 0 Å². The van der Waals surface area contributed by atoms with Crippen LogP contribution in [-0.2, 0) is 16.5 Å². The first-order valence-electron chi connectivity index (χ1n) is 9.14. The van der Waals surface area contributed by atoms with Crippen molar-refractivity contribution in [3.8, 4) is 0 Å². The normalized spacial score (nSPS) is 23.8. The quantitative estimate of drug-likeness (QED) is 0.854. The monoisotopic (exact) mass is 374 g/mol. The molecule has 2 N–H and O–H groups in total. The second-order valence-corrected chi connectivity index (χ2v) is 7.43. The van der Waals surface area contributed by atoms with Gasteiger partial charge < -0.3 is 10.6 Å². The molecule has 2 aromatic rings. The largest absolute Gasteiger partial charge is 0.416 e. The van der Waals surface area contributed by atoms with E-state index in [0.717, 1.165) is 36.1 Å². The van der Waals surface area contributed by atoms with E-state index in [0.29, 0.717) is 13.1 Å². The summed E-state index contributed by atoms with van der Waals surface area (Å²) in [5.74, 6) is -0.451. The molecule has 0 bridgehead atoms. The van der Waals surface area contributed by atoms with Gasteiger partial charge in [0.05, 0.1) is 17.0 Å². The van der Waals surface area contributed by atoms with Crippen molar-refractivity contribution in [1.29, 1.82) is 0 Å². The summed E-state index contributed by atoms with van der Waals surface area (Å²) in [5, 5.41) is 6.41. The van der Waals surface area contributed by atoms with Gasteiger partial charge in [0.15, 0.2) is 0 Å². The number of hydrogen-bond donors (Lipinski definition) is 2. The lowest BCUT2D eigenvalue weighted by molar-refractivity contribution is -0.137. The highest BCUT2D eigenvalue weighted by atomic mass is 19.4. The minimum Gasteiger partial charge on any atom is -0.346 e. The number of carbonyl (C=O) groups is 1. The molecule has 142 valence electrons. The molecule has 0 spiro atoms. The summed E-state index contributed by atoms with van der Waals surface area (Å²) in [6, 6.07) is 15.1. The average molecular weight is 374 g/mol. The van der Waals surface area contributed by atoms with Crippen LogP contribution in [-0.4, -0.2) is 19.0 Å². The van der Waals surface area contributed by atoms with Gasteiger partial charge in [0.2, 0.25) is 5.91 Å². The van der Waals surface area contributed by atoms with Crippen molar-refractivity contribution in [3.63, 3.8) is 0 Å². The van der Waals surface area contributed by atoms with Crippen molar-refractivity contribution in [1.82, 2.24) is 10.6 Å². The van der Waals surface area contributed by atoms with Gasteiger partial charge in [0.25, 0.3) is 0 Å². The summed E-state index contributed by atoms with van der Waals surface area (Å²) in [5.41, 5.74) is 0.915. The van der Waals surface area contributed by atoms with Crippen LogP contribution in [0.4, 0.5) is 13.2 Å². The van der Waals surface area contributed by atoms with Crippen LogP contribution in [0.15, 0.2) is 54.6 Å². The van der Waals surface area contributed by atoms with Crippen molar-refractivity contribution in [2.24, 2.45) is 5.92 Å². The van der Waals surface area contributed by atoms with Crippen LogP contribution in [0.3, 0.4) is 0 Å². The molecule has 0 unspecified atom stereocenters. The zero-order valence-corrected chi connectivity index (χ0v) is 14.7. The van der Waals surface area contributed by atoms with E-state index in [9.17, 15) is 18.0 Å². The van der Waals surface area contributed by atoms with Gasteiger partial charge in [0, 0.05) is 19.0 Å². The van der Waals surface area contributed by atoms with Crippen LogP contribution in [0.5, 0.6) is 0 Å². The maximum atomic E-state index is 13.0. The summed E-state index contributed by atoms with van der Waals surface area (Å²) in [7, 11) is 0. The zero-order valence-electron chi connectivity index (χ0n) is 14.7. The Labute approximate surface area is 156 Å². The molecule has 1 saturated heterocycles. The van der Waals surface area contributed by atoms with E-state index in [1.807, 2.05) is 30.3 Å². The number of amides is 1. The molecule has 2 atom stereocenters. The molecule has 2 aromatic carbocycles. The van der Waals surface area contributed by atoms with Gasteiger partial charge in [-0.05, 0) is 36.1 Å². The van der Waals surface area contributed by atoms with E-state index < -0.39 is 11.7 Å². The van der Waals surface area contributed by atoms with Gasteiger partial charge in [-0.1, -0.05) is 42.5 Å². The van der Waals surface area contributed by atoms with Crippen molar-refractivity contribution >= 4 is 5.91 Å².